The number of aryl methyl sites for hydroxylation is 3. The second kappa shape index (κ2) is 6.32. The molecule has 1 heterocycles. The van der Waals surface area contributed by atoms with E-state index in [0.717, 1.165) is 6.42 Å². The van der Waals surface area contributed by atoms with E-state index in [2.05, 4.69) is 37.3 Å². The van der Waals surface area contributed by atoms with Crippen molar-refractivity contribution in [2.24, 2.45) is 0 Å². The molecule has 2 aromatic rings. The van der Waals surface area contributed by atoms with Crippen LogP contribution in [0.4, 0.5) is 0 Å². The Morgan fingerprint density at radius 1 is 1.15 bits per heavy atom. The minimum atomic E-state index is 0.119. The lowest BCUT2D eigenvalue weighted by atomic mass is 10.1. The largest absolute Gasteiger partial charge is 0.144 e. The Morgan fingerprint density at radius 2 is 2.00 bits per heavy atom. The third-order valence-corrected chi connectivity index (χ3v) is 5.94. The second-order valence-corrected chi connectivity index (χ2v) is 7.51. The van der Waals surface area contributed by atoms with E-state index in [1.54, 1.807) is 10.4 Å². The van der Waals surface area contributed by atoms with Gasteiger partial charge in [0.1, 0.15) is 0 Å². The van der Waals surface area contributed by atoms with Crippen molar-refractivity contribution < 1.29 is 0 Å². The van der Waals surface area contributed by atoms with Crippen molar-refractivity contribution >= 4 is 22.9 Å². The molecule has 20 heavy (non-hydrogen) atoms. The van der Waals surface area contributed by atoms with Gasteiger partial charge in [-0.1, -0.05) is 36.2 Å². The van der Waals surface area contributed by atoms with E-state index in [-0.39, 0.29) is 5.38 Å². The van der Waals surface area contributed by atoms with Crippen LogP contribution in [0.3, 0.4) is 0 Å². The fraction of sp³-hybridized carbons (Fsp3) is 0.444. The van der Waals surface area contributed by atoms with Gasteiger partial charge < -0.3 is 0 Å². The highest BCUT2D eigenvalue weighted by atomic mass is 35.5. The number of hydrogen-bond acceptors (Lipinski definition) is 1. The molecular formula is C18H21ClS. The van der Waals surface area contributed by atoms with Crippen LogP contribution >= 0.6 is 22.9 Å². The quantitative estimate of drug-likeness (QED) is 0.493. The Labute approximate surface area is 130 Å². The zero-order valence-corrected chi connectivity index (χ0v) is 13.6. The zero-order valence-electron chi connectivity index (χ0n) is 12.0. The molecule has 106 valence electrons. The van der Waals surface area contributed by atoms with Crippen molar-refractivity contribution in [3.05, 3.63) is 56.8 Å². The van der Waals surface area contributed by atoms with Gasteiger partial charge in [-0.2, -0.15) is 0 Å². The molecule has 0 nitrogen and oxygen atoms in total. The number of hydrogen-bond donors (Lipinski definition) is 0. The summed E-state index contributed by atoms with van der Waals surface area (Å²) in [5, 5.41) is 0.119. The van der Waals surface area contributed by atoms with Crippen LogP contribution in [0.15, 0.2) is 30.3 Å². The topological polar surface area (TPSA) is 0 Å². The molecular weight excluding hydrogens is 284 g/mol. The maximum absolute atomic E-state index is 6.66. The molecule has 0 saturated carbocycles. The molecule has 1 unspecified atom stereocenters. The normalized spacial score (nSPS) is 16.5. The van der Waals surface area contributed by atoms with Gasteiger partial charge in [0.15, 0.2) is 0 Å². The minimum Gasteiger partial charge on any atom is -0.144 e. The highest BCUT2D eigenvalue weighted by molar-refractivity contribution is 7.12. The molecule has 0 amide bonds. The van der Waals surface area contributed by atoms with Gasteiger partial charge in [0.05, 0.1) is 5.38 Å². The van der Waals surface area contributed by atoms with Crippen molar-refractivity contribution in [3.63, 3.8) is 0 Å². The first-order valence-corrected chi connectivity index (χ1v) is 8.79. The summed E-state index contributed by atoms with van der Waals surface area (Å²) in [4.78, 5) is 2.95. The predicted octanol–water partition coefficient (Wildman–Crippen LogP) is 5.85. The molecule has 1 atom stereocenters. The molecule has 3 rings (SSSR count). The molecule has 2 heteroatoms. The van der Waals surface area contributed by atoms with E-state index < -0.39 is 0 Å². The van der Waals surface area contributed by atoms with Gasteiger partial charge in [0.2, 0.25) is 0 Å². The van der Waals surface area contributed by atoms with Gasteiger partial charge in [-0.05, 0) is 56.2 Å². The maximum Gasteiger partial charge on any atom is 0.0719 e. The lowest BCUT2D eigenvalue weighted by Crippen LogP contribution is -1.94. The Kier molecular flexibility index (Phi) is 4.48. The first-order chi connectivity index (χ1) is 9.72. The van der Waals surface area contributed by atoms with Crippen molar-refractivity contribution in [2.75, 3.05) is 0 Å². The third kappa shape index (κ3) is 3.27. The Bertz CT molecular complexity index is 561. The third-order valence-electron chi connectivity index (χ3n) is 4.07. The standard InChI is InChI=1S/C18H21ClS/c1-13-6-5-7-14(10-13)11-16(19)18-12-15-8-3-2-4-9-17(15)20-18/h5-7,10,12,16H,2-4,8-9,11H2,1H3. The van der Waals surface area contributed by atoms with Crippen molar-refractivity contribution in [3.8, 4) is 0 Å². The summed E-state index contributed by atoms with van der Waals surface area (Å²) in [5.41, 5.74) is 4.22. The molecule has 0 saturated heterocycles. The second-order valence-electron chi connectivity index (χ2n) is 5.82. The average Bonchev–Trinajstić information content (AvgIpc) is 2.70. The van der Waals surface area contributed by atoms with Crippen LogP contribution in [0.2, 0.25) is 0 Å². The number of fused-ring (bicyclic) bond motifs is 1. The monoisotopic (exact) mass is 304 g/mol. The molecule has 1 aromatic carbocycles. The van der Waals surface area contributed by atoms with Crippen LogP contribution in [0.5, 0.6) is 0 Å². The first kappa shape index (κ1) is 14.2. The SMILES string of the molecule is Cc1cccc(CC(Cl)c2cc3c(s2)CCCCC3)c1. The lowest BCUT2D eigenvalue weighted by Gasteiger charge is -2.08. The maximum atomic E-state index is 6.66. The number of alkyl halides is 1. The van der Waals surface area contributed by atoms with Crippen LogP contribution in [0.1, 0.15) is 51.1 Å². The Morgan fingerprint density at radius 3 is 2.85 bits per heavy atom. The highest BCUT2D eigenvalue weighted by Gasteiger charge is 2.17. The molecule has 0 N–H and O–H groups in total. The van der Waals surface area contributed by atoms with Gasteiger partial charge in [-0.3, -0.25) is 0 Å². The van der Waals surface area contributed by atoms with Crippen LogP contribution < -0.4 is 0 Å². The van der Waals surface area contributed by atoms with E-state index in [0.29, 0.717) is 0 Å². The predicted molar refractivity (Wildman–Crippen MR) is 89.1 cm³/mol. The van der Waals surface area contributed by atoms with Crippen LogP contribution in [0.25, 0.3) is 0 Å². The van der Waals surface area contributed by atoms with E-state index in [1.165, 1.54) is 48.1 Å². The van der Waals surface area contributed by atoms with Gasteiger partial charge in [-0.25, -0.2) is 0 Å². The molecule has 0 bridgehead atoms. The summed E-state index contributed by atoms with van der Waals surface area (Å²) in [6.45, 7) is 2.14. The minimum absolute atomic E-state index is 0.119. The Balaban J connectivity index is 1.75. The summed E-state index contributed by atoms with van der Waals surface area (Å²) in [6, 6.07) is 11.1. The summed E-state index contributed by atoms with van der Waals surface area (Å²) in [5.74, 6) is 0. The summed E-state index contributed by atoms with van der Waals surface area (Å²) < 4.78 is 0. The molecule has 0 fully saturated rings. The van der Waals surface area contributed by atoms with Crippen LogP contribution in [-0.2, 0) is 19.3 Å². The molecule has 0 spiro atoms. The molecule has 1 aromatic heterocycles. The molecule has 0 aliphatic heterocycles. The fourth-order valence-electron chi connectivity index (χ4n) is 2.99. The average molecular weight is 305 g/mol. The lowest BCUT2D eigenvalue weighted by molar-refractivity contribution is 0.712. The molecule has 1 aliphatic rings. The number of rotatable bonds is 3. The number of benzene rings is 1. The van der Waals surface area contributed by atoms with E-state index in [1.807, 2.05) is 11.3 Å². The smallest absolute Gasteiger partial charge is 0.0719 e. The number of thiophene rings is 1. The van der Waals surface area contributed by atoms with E-state index in [9.17, 15) is 0 Å². The summed E-state index contributed by atoms with van der Waals surface area (Å²) in [6.07, 6.45) is 7.51. The van der Waals surface area contributed by atoms with E-state index >= 15 is 0 Å². The van der Waals surface area contributed by atoms with Gasteiger partial charge in [0.25, 0.3) is 0 Å². The summed E-state index contributed by atoms with van der Waals surface area (Å²) >= 11 is 8.61. The number of halogens is 1. The van der Waals surface area contributed by atoms with Crippen molar-refractivity contribution in [2.45, 2.75) is 50.8 Å². The fourth-order valence-corrected chi connectivity index (χ4v) is 4.60. The van der Waals surface area contributed by atoms with E-state index in [4.69, 9.17) is 11.6 Å². The van der Waals surface area contributed by atoms with Gasteiger partial charge >= 0.3 is 0 Å². The van der Waals surface area contributed by atoms with Crippen molar-refractivity contribution in [1.29, 1.82) is 0 Å². The highest BCUT2D eigenvalue weighted by Crippen LogP contribution is 2.36. The van der Waals surface area contributed by atoms with Crippen molar-refractivity contribution in [1.82, 2.24) is 0 Å². The van der Waals surface area contributed by atoms with Gasteiger partial charge in [-0.15, -0.1) is 22.9 Å². The zero-order chi connectivity index (χ0) is 13.9. The van der Waals surface area contributed by atoms with Crippen LogP contribution in [-0.4, -0.2) is 0 Å². The van der Waals surface area contributed by atoms with Gasteiger partial charge in [0, 0.05) is 9.75 Å². The molecule has 0 radical (unpaired) electrons. The summed E-state index contributed by atoms with van der Waals surface area (Å²) in [7, 11) is 0. The Hall–Kier alpha value is -0.790. The molecule has 1 aliphatic carbocycles. The first-order valence-electron chi connectivity index (χ1n) is 7.53. The van der Waals surface area contributed by atoms with Crippen LogP contribution in [0, 0.1) is 6.92 Å².